The fourth-order valence-electron chi connectivity index (χ4n) is 2.30. The molecule has 0 aliphatic heterocycles. The highest BCUT2D eigenvalue weighted by molar-refractivity contribution is 6.77. The number of aliphatic hydroxyl groups is 1. The second kappa shape index (κ2) is 3.97. The van der Waals surface area contributed by atoms with Gasteiger partial charge in [0.1, 0.15) is 0 Å². The maximum atomic E-state index is 9.28. The van der Waals surface area contributed by atoms with Crippen LogP contribution >= 0.6 is 0 Å². The van der Waals surface area contributed by atoms with Crippen LogP contribution in [0.1, 0.15) is 13.3 Å². The summed E-state index contributed by atoms with van der Waals surface area (Å²) in [6.07, 6.45) is 5.77. The second-order valence-electron chi connectivity index (χ2n) is 5.42. The maximum Gasteiger partial charge on any atom is 0.0493 e. The van der Waals surface area contributed by atoms with Gasteiger partial charge in [-0.15, -0.1) is 0 Å². The SMILES string of the molecule is C[C@H]1C=C[C@@H](CO)[C@H]([Si](C)(C)C)C1. The van der Waals surface area contributed by atoms with Gasteiger partial charge in [0.25, 0.3) is 0 Å². The number of rotatable bonds is 2. The van der Waals surface area contributed by atoms with E-state index in [-0.39, 0.29) is 0 Å². The Bertz CT molecular complexity index is 193. The summed E-state index contributed by atoms with van der Waals surface area (Å²) in [4.78, 5) is 0. The summed E-state index contributed by atoms with van der Waals surface area (Å²) in [5.41, 5.74) is 0.762. The van der Waals surface area contributed by atoms with Gasteiger partial charge in [-0.1, -0.05) is 38.7 Å². The van der Waals surface area contributed by atoms with Gasteiger partial charge in [-0.25, -0.2) is 0 Å². The van der Waals surface area contributed by atoms with Crippen LogP contribution < -0.4 is 0 Å². The molecule has 2 heteroatoms. The average Bonchev–Trinajstić information content (AvgIpc) is 2.03. The van der Waals surface area contributed by atoms with E-state index in [1.807, 2.05) is 0 Å². The van der Waals surface area contributed by atoms with Crippen LogP contribution in [0.5, 0.6) is 0 Å². The summed E-state index contributed by atoms with van der Waals surface area (Å²) in [6, 6.07) is 0. The molecule has 0 amide bonds. The van der Waals surface area contributed by atoms with Crippen molar-refractivity contribution >= 4 is 8.07 Å². The van der Waals surface area contributed by atoms with Gasteiger partial charge in [0.15, 0.2) is 0 Å². The Kier molecular flexibility index (Phi) is 3.36. The summed E-state index contributed by atoms with van der Waals surface area (Å²) >= 11 is 0. The predicted octanol–water partition coefficient (Wildman–Crippen LogP) is 2.90. The third-order valence-electron chi connectivity index (χ3n) is 3.15. The molecule has 0 spiro atoms. The van der Waals surface area contributed by atoms with Crippen LogP contribution in [0.15, 0.2) is 12.2 Å². The van der Waals surface area contributed by atoms with Crippen LogP contribution in [0.3, 0.4) is 0 Å². The zero-order chi connectivity index (χ0) is 10.1. The summed E-state index contributed by atoms with van der Waals surface area (Å²) < 4.78 is 0. The number of hydrogen-bond donors (Lipinski definition) is 1. The number of aliphatic hydroxyl groups excluding tert-OH is 1. The minimum absolute atomic E-state index is 0.332. The largest absolute Gasteiger partial charge is 0.396 e. The van der Waals surface area contributed by atoms with E-state index in [4.69, 9.17) is 0 Å². The van der Waals surface area contributed by atoms with Crippen molar-refractivity contribution in [3.8, 4) is 0 Å². The average molecular weight is 198 g/mol. The first-order chi connectivity index (χ1) is 5.95. The van der Waals surface area contributed by atoms with Gasteiger partial charge in [-0.2, -0.15) is 0 Å². The quantitative estimate of drug-likeness (QED) is 0.534. The van der Waals surface area contributed by atoms with Gasteiger partial charge < -0.3 is 5.11 Å². The van der Waals surface area contributed by atoms with E-state index in [0.29, 0.717) is 18.4 Å². The molecule has 1 N–H and O–H groups in total. The van der Waals surface area contributed by atoms with Crippen molar-refractivity contribution in [2.75, 3.05) is 6.61 Å². The van der Waals surface area contributed by atoms with E-state index in [9.17, 15) is 5.11 Å². The zero-order valence-corrected chi connectivity index (χ0v) is 10.2. The van der Waals surface area contributed by atoms with Crippen molar-refractivity contribution in [1.29, 1.82) is 0 Å². The predicted molar refractivity (Wildman–Crippen MR) is 60.6 cm³/mol. The smallest absolute Gasteiger partial charge is 0.0493 e. The van der Waals surface area contributed by atoms with Gasteiger partial charge >= 0.3 is 0 Å². The molecule has 0 saturated heterocycles. The van der Waals surface area contributed by atoms with Crippen molar-refractivity contribution in [1.82, 2.24) is 0 Å². The van der Waals surface area contributed by atoms with Crippen molar-refractivity contribution in [3.63, 3.8) is 0 Å². The summed E-state index contributed by atoms with van der Waals surface area (Å²) in [5, 5.41) is 9.28. The van der Waals surface area contributed by atoms with Crippen LogP contribution in [0, 0.1) is 11.8 Å². The van der Waals surface area contributed by atoms with E-state index >= 15 is 0 Å². The molecule has 0 aromatic carbocycles. The molecule has 0 bridgehead atoms. The fraction of sp³-hybridized carbons (Fsp3) is 0.818. The van der Waals surface area contributed by atoms with Gasteiger partial charge in [-0.3, -0.25) is 0 Å². The third-order valence-corrected chi connectivity index (χ3v) is 6.04. The first-order valence-corrected chi connectivity index (χ1v) is 8.82. The van der Waals surface area contributed by atoms with Crippen LogP contribution in [0.2, 0.25) is 25.2 Å². The lowest BCUT2D eigenvalue weighted by molar-refractivity contribution is 0.234. The number of allylic oxidation sites excluding steroid dienone is 1. The van der Waals surface area contributed by atoms with Gasteiger partial charge in [0.05, 0.1) is 0 Å². The van der Waals surface area contributed by atoms with Crippen LogP contribution in [0.25, 0.3) is 0 Å². The van der Waals surface area contributed by atoms with Crippen molar-refractivity contribution in [3.05, 3.63) is 12.2 Å². The first kappa shape index (κ1) is 11.0. The monoisotopic (exact) mass is 198 g/mol. The molecule has 1 aliphatic carbocycles. The molecule has 0 aromatic rings. The second-order valence-corrected chi connectivity index (χ2v) is 10.9. The Labute approximate surface area is 82.9 Å². The Morgan fingerprint density at radius 1 is 1.31 bits per heavy atom. The van der Waals surface area contributed by atoms with E-state index in [1.165, 1.54) is 6.42 Å². The Morgan fingerprint density at radius 3 is 2.38 bits per heavy atom. The molecule has 0 radical (unpaired) electrons. The maximum absolute atomic E-state index is 9.28. The van der Waals surface area contributed by atoms with Gasteiger partial charge in [-0.05, 0) is 17.9 Å². The first-order valence-electron chi connectivity index (χ1n) is 5.24. The Morgan fingerprint density at radius 2 is 1.92 bits per heavy atom. The highest BCUT2D eigenvalue weighted by Gasteiger charge is 2.34. The summed E-state index contributed by atoms with van der Waals surface area (Å²) in [5.74, 6) is 1.14. The summed E-state index contributed by atoms with van der Waals surface area (Å²) in [6.45, 7) is 9.83. The lowest BCUT2D eigenvalue weighted by Gasteiger charge is -2.37. The normalized spacial score (nSPS) is 35.0. The molecule has 0 fully saturated rings. The summed E-state index contributed by atoms with van der Waals surface area (Å²) in [7, 11) is -1.09. The van der Waals surface area contributed by atoms with Crippen molar-refractivity contribution in [2.24, 2.45) is 11.8 Å². The molecule has 1 aliphatic rings. The van der Waals surface area contributed by atoms with Gasteiger partial charge in [0.2, 0.25) is 0 Å². The van der Waals surface area contributed by atoms with E-state index in [2.05, 4.69) is 38.7 Å². The van der Waals surface area contributed by atoms with Crippen LogP contribution in [-0.4, -0.2) is 19.8 Å². The topological polar surface area (TPSA) is 20.2 Å². The lowest BCUT2D eigenvalue weighted by Crippen LogP contribution is -2.36. The lowest BCUT2D eigenvalue weighted by atomic mass is 9.89. The Balaban J connectivity index is 2.77. The Hall–Kier alpha value is -0.0831. The molecule has 0 unspecified atom stereocenters. The van der Waals surface area contributed by atoms with E-state index < -0.39 is 8.07 Å². The minimum Gasteiger partial charge on any atom is -0.396 e. The van der Waals surface area contributed by atoms with Crippen LogP contribution in [0.4, 0.5) is 0 Å². The minimum atomic E-state index is -1.09. The highest BCUT2D eigenvalue weighted by atomic mass is 28.3. The molecule has 76 valence electrons. The van der Waals surface area contributed by atoms with E-state index in [0.717, 1.165) is 5.54 Å². The van der Waals surface area contributed by atoms with E-state index in [1.54, 1.807) is 0 Å². The third kappa shape index (κ3) is 2.68. The molecule has 1 nitrogen and oxygen atoms in total. The molecule has 0 aromatic heterocycles. The fourth-order valence-corrected chi connectivity index (χ4v) is 4.88. The molecule has 1 rings (SSSR count). The molecule has 3 atom stereocenters. The standard InChI is InChI=1S/C11H22OSi/c1-9-5-6-10(8-12)11(7-9)13(2,3)4/h5-6,9-12H,7-8H2,1-4H3/t9-,10-,11+/m0/s1. The van der Waals surface area contributed by atoms with Crippen molar-refractivity contribution in [2.45, 2.75) is 38.5 Å². The molecular weight excluding hydrogens is 176 g/mol. The molecular formula is C11H22OSi. The highest BCUT2D eigenvalue weighted by Crippen LogP contribution is 2.40. The zero-order valence-electron chi connectivity index (χ0n) is 9.25. The molecule has 0 heterocycles. The molecule has 13 heavy (non-hydrogen) atoms. The van der Waals surface area contributed by atoms with Crippen LogP contribution in [-0.2, 0) is 0 Å². The molecule has 0 saturated carbocycles. The number of hydrogen-bond acceptors (Lipinski definition) is 1. The van der Waals surface area contributed by atoms with Gasteiger partial charge in [0, 0.05) is 20.6 Å². The van der Waals surface area contributed by atoms with Crippen molar-refractivity contribution < 1.29 is 5.11 Å².